The smallest absolute Gasteiger partial charge is 0.337 e. The number of hydrogen-bond acceptors (Lipinski definition) is 6. The van der Waals surface area contributed by atoms with Crippen molar-refractivity contribution >= 4 is 27.6 Å². The molecule has 1 fully saturated rings. The third-order valence-electron chi connectivity index (χ3n) is 5.29. The summed E-state index contributed by atoms with van der Waals surface area (Å²) in [5.41, 5.74) is 1.57. The van der Waals surface area contributed by atoms with Crippen molar-refractivity contribution in [2.24, 2.45) is 5.92 Å². The number of rotatable bonds is 6. The van der Waals surface area contributed by atoms with Crippen molar-refractivity contribution < 1.29 is 27.5 Å². The molecule has 8 nitrogen and oxygen atoms in total. The van der Waals surface area contributed by atoms with Gasteiger partial charge in [-0.25, -0.2) is 13.2 Å². The third kappa shape index (κ3) is 5.05. The Labute approximate surface area is 182 Å². The minimum Gasteiger partial charge on any atom is -0.495 e. The van der Waals surface area contributed by atoms with Gasteiger partial charge in [-0.05, 0) is 50.1 Å². The lowest BCUT2D eigenvalue weighted by Crippen LogP contribution is -2.43. The van der Waals surface area contributed by atoms with Crippen LogP contribution in [0.2, 0.25) is 0 Å². The average molecular weight is 447 g/mol. The van der Waals surface area contributed by atoms with Crippen LogP contribution in [0.1, 0.15) is 28.8 Å². The van der Waals surface area contributed by atoms with E-state index >= 15 is 0 Å². The minimum absolute atomic E-state index is 0.0844. The highest BCUT2D eigenvalue weighted by Gasteiger charge is 2.33. The second kappa shape index (κ2) is 9.49. The zero-order valence-electron chi connectivity index (χ0n) is 17.8. The first kappa shape index (κ1) is 22.8. The number of ether oxygens (including phenoxy) is 2. The van der Waals surface area contributed by atoms with Gasteiger partial charge >= 0.3 is 5.97 Å². The normalized spacial score (nSPS) is 17.1. The van der Waals surface area contributed by atoms with Gasteiger partial charge in [-0.1, -0.05) is 17.7 Å². The van der Waals surface area contributed by atoms with Crippen LogP contribution in [0.4, 0.5) is 5.69 Å². The van der Waals surface area contributed by atoms with E-state index in [1.165, 1.54) is 30.7 Å². The zero-order chi connectivity index (χ0) is 22.6. The molecule has 0 saturated carbocycles. The predicted octanol–water partition coefficient (Wildman–Crippen LogP) is 2.83. The predicted molar refractivity (Wildman–Crippen MR) is 116 cm³/mol. The molecule has 166 valence electrons. The molecule has 1 heterocycles. The second-order valence-corrected chi connectivity index (χ2v) is 9.35. The van der Waals surface area contributed by atoms with Gasteiger partial charge in [0.25, 0.3) is 0 Å². The number of benzene rings is 2. The van der Waals surface area contributed by atoms with E-state index in [0.29, 0.717) is 30.8 Å². The summed E-state index contributed by atoms with van der Waals surface area (Å²) in [6.07, 6.45) is 1.13. The first-order valence-corrected chi connectivity index (χ1v) is 11.3. The van der Waals surface area contributed by atoms with Gasteiger partial charge in [0.15, 0.2) is 0 Å². The molecule has 0 radical (unpaired) electrons. The lowest BCUT2D eigenvalue weighted by Gasteiger charge is -2.31. The Balaban J connectivity index is 1.77. The molecule has 1 atom stereocenters. The Morgan fingerprint density at radius 1 is 1.10 bits per heavy atom. The number of esters is 1. The fourth-order valence-corrected chi connectivity index (χ4v) is 5.04. The molecule has 0 aliphatic carbocycles. The highest BCUT2D eigenvalue weighted by molar-refractivity contribution is 7.89. The van der Waals surface area contributed by atoms with Crippen molar-refractivity contribution in [3.63, 3.8) is 0 Å². The largest absolute Gasteiger partial charge is 0.495 e. The van der Waals surface area contributed by atoms with Gasteiger partial charge in [0.2, 0.25) is 15.9 Å². The summed E-state index contributed by atoms with van der Waals surface area (Å²) < 4.78 is 37.3. The number of methoxy groups -OCH3 is 2. The number of carbonyl (C=O) groups excluding carboxylic acids is 2. The molecule has 2 aromatic rings. The maximum absolute atomic E-state index is 13.0. The first-order valence-electron chi connectivity index (χ1n) is 9.90. The Morgan fingerprint density at radius 3 is 2.45 bits per heavy atom. The quantitative estimate of drug-likeness (QED) is 0.685. The van der Waals surface area contributed by atoms with Gasteiger partial charge in [0, 0.05) is 13.1 Å². The van der Waals surface area contributed by atoms with E-state index in [0.717, 1.165) is 5.56 Å². The molecule has 2 aromatic carbocycles. The highest BCUT2D eigenvalue weighted by Crippen LogP contribution is 2.29. The lowest BCUT2D eigenvalue weighted by molar-refractivity contribution is -0.120. The van der Waals surface area contributed by atoms with Crippen LogP contribution in [0.5, 0.6) is 5.75 Å². The van der Waals surface area contributed by atoms with E-state index in [1.807, 2.05) is 6.92 Å². The fourth-order valence-electron chi connectivity index (χ4n) is 3.52. The third-order valence-corrected chi connectivity index (χ3v) is 7.17. The SMILES string of the molecule is COC(=O)c1ccc(OC)c(NC(=O)[C@@H]2CCCN(S(=O)(=O)c3ccc(C)cc3)C2)c1. The molecule has 1 aliphatic rings. The molecule has 1 amide bonds. The van der Waals surface area contributed by atoms with Gasteiger partial charge in [0.1, 0.15) is 5.75 Å². The van der Waals surface area contributed by atoms with E-state index in [9.17, 15) is 18.0 Å². The molecule has 1 saturated heterocycles. The molecular weight excluding hydrogens is 420 g/mol. The van der Waals surface area contributed by atoms with Crippen LogP contribution in [0, 0.1) is 12.8 Å². The van der Waals surface area contributed by atoms with Crippen molar-refractivity contribution in [3.05, 3.63) is 53.6 Å². The highest BCUT2D eigenvalue weighted by atomic mass is 32.2. The summed E-state index contributed by atoms with van der Waals surface area (Å²) >= 11 is 0. The summed E-state index contributed by atoms with van der Waals surface area (Å²) in [5, 5.41) is 2.78. The molecule has 31 heavy (non-hydrogen) atoms. The molecular formula is C22H26N2O6S. The Kier molecular flexibility index (Phi) is 6.97. The first-order chi connectivity index (χ1) is 14.8. The standard InChI is InChI=1S/C22H26N2O6S/c1-15-6-9-18(10-7-15)31(27,28)24-12-4-5-17(14-24)21(25)23-19-13-16(22(26)30-3)8-11-20(19)29-2/h6-11,13,17H,4-5,12,14H2,1-3H3,(H,23,25)/t17-/m1/s1. The lowest BCUT2D eigenvalue weighted by atomic mass is 9.98. The van der Waals surface area contributed by atoms with Crippen LogP contribution in [-0.2, 0) is 19.6 Å². The number of sulfonamides is 1. The second-order valence-electron chi connectivity index (χ2n) is 7.41. The minimum atomic E-state index is -3.68. The van der Waals surface area contributed by atoms with Crippen LogP contribution in [-0.4, -0.2) is 51.9 Å². The van der Waals surface area contributed by atoms with Gasteiger partial charge in [0.05, 0.1) is 36.3 Å². The molecule has 9 heteroatoms. The molecule has 0 bridgehead atoms. The van der Waals surface area contributed by atoms with E-state index in [1.54, 1.807) is 30.3 Å². The maximum atomic E-state index is 13.0. The average Bonchev–Trinajstić information content (AvgIpc) is 2.78. The Bertz CT molecular complexity index is 1070. The number of nitrogens with one attached hydrogen (secondary N) is 1. The van der Waals surface area contributed by atoms with Crippen molar-refractivity contribution in [1.82, 2.24) is 4.31 Å². The zero-order valence-corrected chi connectivity index (χ0v) is 18.6. The number of aryl methyl sites for hydroxylation is 1. The van der Waals surface area contributed by atoms with Gasteiger partial charge in [-0.3, -0.25) is 4.79 Å². The monoisotopic (exact) mass is 446 g/mol. The van der Waals surface area contributed by atoms with E-state index in [4.69, 9.17) is 9.47 Å². The Hall–Kier alpha value is -2.91. The summed E-state index contributed by atoms with van der Waals surface area (Å²) in [7, 11) is -0.953. The summed E-state index contributed by atoms with van der Waals surface area (Å²) in [6.45, 7) is 2.34. The van der Waals surface area contributed by atoms with Crippen LogP contribution in [0.3, 0.4) is 0 Å². The topological polar surface area (TPSA) is 102 Å². The number of nitrogens with zero attached hydrogens (tertiary/aromatic N) is 1. The molecule has 1 N–H and O–H groups in total. The van der Waals surface area contributed by atoms with Crippen molar-refractivity contribution in [1.29, 1.82) is 0 Å². The molecule has 0 aromatic heterocycles. The van der Waals surface area contributed by atoms with Crippen LogP contribution in [0.25, 0.3) is 0 Å². The number of amides is 1. The van der Waals surface area contributed by atoms with Gasteiger partial charge in [-0.2, -0.15) is 4.31 Å². The molecule has 0 unspecified atom stereocenters. The summed E-state index contributed by atoms with van der Waals surface area (Å²) in [6, 6.07) is 11.2. The van der Waals surface area contributed by atoms with Crippen LogP contribution >= 0.6 is 0 Å². The fraction of sp³-hybridized carbons (Fsp3) is 0.364. The summed E-state index contributed by atoms with van der Waals surface area (Å²) in [4.78, 5) is 25.0. The van der Waals surface area contributed by atoms with Crippen LogP contribution in [0.15, 0.2) is 47.4 Å². The van der Waals surface area contributed by atoms with E-state index in [-0.39, 0.29) is 22.9 Å². The van der Waals surface area contributed by atoms with E-state index in [2.05, 4.69) is 5.32 Å². The maximum Gasteiger partial charge on any atom is 0.337 e. The van der Waals surface area contributed by atoms with E-state index < -0.39 is 21.9 Å². The number of hydrogen-bond donors (Lipinski definition) is 1. The summed E-state index contributed by atoms with van der Waals surface area (Å²) in [5.74, 6) is -1.00. The molecule has 0 spiro atoms. The van der Waals surface area contributed by atoms with Crippen LogP contribution < -0.4 is 10.1 Å². The van der Waals surface area contributed by atoms with Crippen molar-refractivity contribution in [3.8, 4) is 5.75 Å². The number of piperidine rings is 1. The molecule has 3 rings (SSSR count). The van der Waals surface area contributed by atoms with Crippen molar-refractivity contribution in [2.75, 3.05) is 32.6 Å². The van der Waals surface area contributed by atoms with Gasteiger partial charge < -0.3 is 14.8 Å². The van der Waals surface area contributed by atoms with Crippen molar-refractivity contribution in [2.45, 2.75) is 24.7 Å². The van der Waals surface area contributed by atoms with Gasteiger partial charge in [-0.15, -0.1) is 0 Å². The number of anilines is 1. The number of carbonyl (C=O) groups is 2. The molecule has 1 aliphatic heterocycles. The Morgan fingerprint density at radius 2 is 1.81 bits per heavy atom.